The zero-order valence-electron chi connectivity index (χ0n) is 10.3. The third-order valence-corrected chi connectivity index (χ3v) is 2.43. The normalized spacial score (nSPS) is 12.1. The number of nitrogens with zero attached hydrogens (tertiary/aromatic N) is 1. The third kappa shape index (κ3) is 2.12. The summed E-state index contributed by atoms with van der Waals surface area (Å²) in [6, 6.07) is 2.65. The van der Waals surface area contributed by atoms with E-state index in [1.807, 2.05) is 0 Å². The van der Waals surface area contributed by atoms with Crippen LogP contribution in [0.5, 0.6) is 5.75 Å². The van der Waals surface area contributed by atoms with Crippen LogP contribution in [0.3, 0.4) is 0 Å². The van der Waals surface area contributed by atoms with Gasteiger partial charge in [0.05, 0.1) is 5.52 Å². The topological polar surface area (TPSA) is 14.2 Å². The summed E-state index contributed by atoms with van der Waals surface area (Å²) >= 11 is 0. The zero-order valence-corrected chi connectivity index (χ0v) is 10.3. The zero-order chi connectivity index (χ0) is 12.8. The second-order valence-electron chi connectivity index (χ2n) is 5.07. The number of fused-ring (bicyclic) bond motifs is 1. The maximum absolute atomic E-state index is 14.1. The van der Waals surface area contributed by atoms with E-state index in [0.29, 0.717) is 0 Å². The fourth-order valence-corrected chi connectivity index (χ4v) is 1.79. The average Bonchev–Trinajstić information content (AvgIpc) is 2.55. The average molecular weight is 239 g/mol. The second kappa shape index (κ2) is 3.72. The van der Waals surface area contributed by atoms with Crippen LogP contribution in [0, 0.1) is 11.6 Å². The molecule has 1 aromatic carbocycles. The Balaban J connectivity index is 2.64. The van der Waals surface area contributed by atoms with Crippen LogP contribution in [0.15, 0.2) is 18.3 Å². The summed E-state index contributed by atoms with van der Waals surface area (Å²) in [4.78, 5) is 0. The van der Waals surface area contributed by atoms with Gasteiger partial charge in [-0.3, -0.25) is 0 Å². The molecule has 0 amide bonds. The van der Waals surface area contributed by atoms with Crippen molar-refractivity contribution in [1.82, 2.24) is 4.57 Å². The highest BCUT2D eigenvalue weighted by Gasteiger charge is 2.20. The number of hydrogen-bond donors (Lipinski definition) is 0. The van der Waals surface area contributed by atoms with E-state index >= 15 is 0 Å². The van der Waals surface area contributed by atoms with Gasteiger partial charge in [-0.25, -0.2) is 8.78 Å². The molecule has 0 unspecified atom stereocenters. The van der Waals surface area contributed by atoms with Gasteiger partial charge in [-0.1, -0.05) is 0 Å². The van der Waals surface area contributed by atoms with Gasteiger partial charge in [0.1, 0.15) is 5.60 Å². The first kappa shape index (κ1) is 11.9. The number of halogens is 2. The Hall–Kier alpha value is -1.58. The highest BCUT2D eigenvalue weighted by atomic mass is 19.1. The van der Waals surface area contributed by atoms with Crippen LogP contribution < -0.4 is 4.74 Å². The number of rotatable bonds is 1. The van der Waals surface area contributed by atoms with Crippen molar-refractivity contribution in [2.45, 2.75) is 26.4 Å². The largest absolute Gasteiger partial charge is 0.485 e. The Bertz CT molecular complexity index is 567. The smallest absolute Gasteiger partial charge is 0.174 e. The summed E-state index contributed by atoms with van der Waals surface area (Å²) in [5, 5.41) is 0.242. The molecule has 0 aliphatic carbocycles. The Morgan fingerprint density at radius 2 is 1.88 bits per heavy atom. The second-order valence-corrected chi connectivity index (χ2v) is 5.07. The lowest BCUT2D eigenvalue weighted by molar-refractivity contribution is 0.124. The Labute approximate surface area is 98.8 Å². The molecule has 17 heavy (non-hydrogen) atoms. The van der Waals surface area contributed by atoms with Crippen LogP contribution >= 0.6 is 0 Å². The molecule has 1 heterocycles. The molecule has 0 aliphatic rings. The highest BCUT2D eigenvalue weighted by Crippen LogP contribution is 2.31. The van der Waals surface area contributed by atoms with Crippen LogP contribution in [-0.4, -0.2) is 10.2 Å². The van der Waals surface area contributed by atoms with Crippen molar-refractivity contribution >= 4 is 10.9 Å². The van der Waals surface area contributed by atoms with Crippen LogP contribution in [0.25, 0.3) is 10.9 Å². The minimum atomic E-state index is -0.560. The van der Waals surface area contributed by atoms with Gasteiger partial charge in [0.15, 0.2) is 17.4 Å². The standard InChI is InChI=1S/C13H15F2NO/c1-13(2,3)17-10-7-9(14)12-8(11(10)15)5-6-16(12)4/h5-7H,1-4H3. The number of aryl methyl sites for hydroxylation is 1. The number of hydrogen-bond acceptors (Lipinski definition) is 1. The molecule has 2 nitrogen and oxygen atoms in total. The van der Waals surface area contributed by atoms with E-state index < -0.39 is 17.2 Å². The molecule has 0 bridgehead atoms. The molecule has 0 N–H and O–H groups in total. The van der Waals surface area contributed by atoms with E-state index in [2.05, 4.69) is 0 Å². The van der Waals surface area contributed by atoms with Gasteiger partial charge in [-0.05, 0) is 26.8 Å². The van der Waals surface area contributed by atoms with Gasteiger partial charge in [0, 0.05) is 24.7 Å². The Morgan fingerprint density at radius 1 is 1.24 bits per heavy atom. The van der Waals surface area contributed by atoms with E-state index in [0.717, 1.165) is 6.07 Å². The summed E-state index contributed by atoms with van der Waals surface area (Å²) in [5.74, 6) is -1.04. The molecule has 0 fully saturated rings. The molecule has 4 heteroatoms. The van der Waals surface area contributed by atoms with Gasteiger partial charge in [0.2, 0.25) is 0 Å². The summed E-state index contributed by atoms with van der Waals surface area (Å²) in [6.07, 6.45) is 1.62. The third-order valence-electron chi connectivity index (χ3n) is 2.43. The minimum absolute atomic E-state index is 0.0475. The van der Waals surface area contributed by atoms with Gasteiger partial charge in [-0.2, -0.15) is 0 Å². The van der Waals surface area contributed by atoms with E-state index in [4.69, 9.17) is 4.74 Å². The molecule has 0 aliphatic heterocycles. The van der Waals surface area contributed by atoms with Gasteiger partial charge < -0.3 is 9.30 Å². The molecule has 0 saturated heterocycles. The molecule has 92 valence electrons. The summed E-state index contributed by atoms with van der Waals surface area (Å²) in [7, 11) is 1.68. The van der Waals surface area contributed by atoms with Gasteiger partial charge in [0.25, 0.3) is 0 Å². The molecule has 0 radical (unpaired) electrons. The Morgan fingerprint density at radius 3 is 2.47 bits per heavy atom. The fraction of sp³-hybridized carbons (Fsp3) is 0.385. The lowest BCUT2D eigenvalue weighted by atomic mass is 10.1. The van der Waals surface area contributed by atoms with Crippen molar-refractivity contribution in [2.24, 2.45) is 7.05 Å². The van der Waals surface area contributed by atoms with Crippen molar-refractivity contribution in [3.63, 3.8) is 0 Å². The SMILES string of the molecule is Cn1ccc2c(F)c(OC(C)(C)C)cc(F)c21. The summed E-state index contributed by atoms with van der Waals surface area (Å²) in [6.45, 7) is 5.37. The molecule has 2 rings (SSSR count). The van der Waals surface area contributed by atoms with Crippen molar-refractivity contribution in [3.8, 4) is 5.75 Å². The van der Waals surface area contributed by atoms with Crippen LogP contribution in [0.2, 0.25) is 0 Å². The van der Waals surface area contributed by atoms with Crippen molar-refractivity contribution < 1.29 is 13.5 Å². The van der Waals surface area contributed by atoms with Gasteiger partial charge >= 0.3 is 0 Å². The number of benzene rings is 1. The highest BCUT2D eigenvalue weighted by molar-refractivity contribution is 5.83. The fourth-order valence-electron chi connectivity index (χ4n) is 1.79. The van der Waals surface area contributed by atoms with Crippen molar-refractivity contribution in [3.05, 3.63) is 30.0 Å². The minimum Gasteiger partial charge on any atom is -0.485 e. The predicted molar refractivity (Wildman–Crippen MR) is 63.2 cm³/mol. The first-order valence-electron chi connectivity index (χ1n) is 5.41. The summed E-state index contributed by atoms with van der Waals surface area (Å²) in [5.41, 5.74) is -0.306. The molecule has 2 aromatic rings. The van der Waals surface area contributed by atoms with E-state index in [1.54, 1.807) is 44.6 Å². The van der Waals surface area contributed by atoms with E-state index in [9.17, 15) is 8.78 Å². The number of aromatic nitrogens is 1. The van der Waals surface area contributed by atoms with E-state index in [-0.39, 0.29) is 16.7 Å². The molecule has 0 atom stereocenters. The lowest BCUT2D eigenvalue weighted by Crippen LogP contribution is -2.23. The Kier molecular flexibility index (Phi) is 2.60. The van der Waals surface area contributed by atoms with Crippen LogP contribution in [0.1, 0.15) is 20.8 Å². The predicted octanol–water partition coefficient (Wildman–Crippen LogP) is 3.63. The quantitative estimate of drug-likeness (QED) is 0.741. The summed E-state index contributed by atoms with van der Waals surface area (Å²) < 4.78 is 34.9. The van der Waals surface area contributed by atoms with Crippen molar-refractivity contribution in [1.29, 1.82) is 0 Å². The molecule has 0 spiro atoms. The monoisotopic (exact) mass is 239 g/mol. The number of ether oxygens (including phenoxy) is 1. The lowest BCUT2D eigenvalue weighted by Gasteiger charge is -2.21. The first-order chi connectivity index (χ1) is 7.79. The van der Waals surface area contributed by atoms with E-state index in [1.165, 1.54) is 0 Å². The van der Waals surface area contributed by atoms with Crippen LogP contribution in [0.4, 0.5) is 8.78 Å². The molecular formula is C13H15F2NO. The molecule has 1 aromatic heterocycles. The van der Waals surface area contributed by atoms with Gasteiger partial charge in [-0.15, -0.1) is 0 Å². The molecular weight excluding hydrogens is 224 g/mol. The van der Waals surface area contributed by atoms with Crippen molar-refractivity contribution in [2.75, 3.05) is 0 Å². The maximum Gasteiger partial charge on any atom is 0.174 e. The molecule has 0 saturated carbocycles. The first-order valence-corrected chi connectivity index (χ1v) is 5.41. The van der Waals surface area contributed by atoms with Crippen LogP contribution in [-0.2, 0) is 7.05 Å². The maximum atomic E-state index is 14.1.